The summed E-state index contributed by atoms with van der Waals surface area (Å²) in [4.78, 5) is 43.2. The zero-order chi connectivity index (χ0) is 21.3. The van der Waals surface area contributed by atoms with Gasteiger partial charge in [-0.2, -0.15) is 0 Å². The van der Waals surface area contributed by atoms with E-state index in [0.29, 0.717) is 29.0 Å². The molecule has 0 atom stereocenters. The summed E-state index contributed by atoms with van der Waals surface area (Å²) in [6.45, 7) is 0.691. The van der Waals surface area contributed by atoms with E-state index in [4.69, 9.17) is 21.1 Å². The minimum Gasteiger partial charge on any atom is -0.421 e. The monoisotopic (exact) mass is 424 g/mol. The molecule has 3 aromatic rings. The molecule has 0 N–H and O–H groups in total. The smallest absolute Gasteiger partial charge is 0.343 e. The van der Waals surface area contributed by atoms with Crippen LogP contribution in [0.5, 0.6) is 5.75 Å². The predicted molar refractivity (Wildman–Crippen MR) is 110 cm³/mol. The molecule has 2 heterocycles. The highest BCUT2D eigenvalue weighted by Crippen LogP contribution is 2.30. The third-order valence-corrected chi connectivity index (χ3v) is 5.15. The summed E-state index contributed by atoms with van der Waals surface area (Å²) in [5.74, 6) is -1.22. The largest absolute Gasteiger partial charge is 0.421 e. The molecule has 0 radical (unpaired) electrons. The molecular weight excluding hydrogens is 408 g/mol. The van der Waals surface area contributed by atoms with E-state index in [1.807, 2.05) is 0 Å². The lowest BCUT2D eigenvalue weighted by Crippen LogP contribution is -2.31. The Balaban J connectivity index is 1.59. The van der Waals surface area contributed by atoms with Crippen LogP contribution in [0.4, 0.5) is 0 Å². The van der Waals surface area contributed by atoms with Crippen molar-refractivity contribution in [2.45, 2.75) is 6.42 Å². The zero-order valence-corrected chi connectivity index (χ0v) is 16.8. The molecular formula is C22H17ClN2O5. The van der Waals surface area contributed by atoms with Crippen molar-refractivity contribution >= 4 is 40.3 Å². The highest BCUT2D eigenvalue weighted by molar-refractivity contribution is 6.35. The number of carbonyl (C=O) groups excluding carboxylic acids is 3. The first-order chi connectivity index (χ1) is 14.5. The highest BCUT2D eigenvalue weighted by Gasteiger charge is 2.35. The van der Waals surface area contributed by atoms with Crippen molar-refractivity contribution in [3.05, 3.63) is 70.4 Å². The first kappa shape index (κ1) is 20.0. The van der Waals surface area contributed by atoms with Crippen LogP contribution in [0.1, 0.15) is 37.5 Å². The number of hydrogen-bond donors (Lipinski definition) is 0. The number of aromatic nitrogens is 1. The van der Waals surface area contributed by atoms with Crippen LogP contribution in [0, 0.1) is 0 Å². The van der Waals surface area contributed by atoms with Gasteiger partial charge in [0.1, 0.15) is 5.52 Å². The molecule has 1 aliphatic rings. The van der Waals surface area contributed by atoms with Crippen LogP contribution in [0.15, 0.2) is 48.7 Å². The van der Waals surface area contributed by atoms with E-state index in [1.54, 1.807) is 37.6 Å². The van der Waals surface area contributed by atoms with Gasteiger partial charge in [-0.15, -0.1) is 0 Å². The molecule has 0 aliphatic carbocycles. The van der Waals surface area contributed by atoms with Gasteiger partial charge in [-0.05, 0) is 48.9 Å². The van der Waals surface area contributed by atoms with Gasteiger partial charge in [0.15, 0.2) is 5.75 Å². The topological polar surface area (TPSA) is 85.8 Å². The SMILES string of the molecule is COCCCN1C(=O)c2ccc(C(=O)Oc3ccc(Cl)c4cccnc34)cc2C1=O. The lowest BCUT2D eigenvalue weighted by atomic mass is 10.1. The van der Waals surface area contributed by atoms with Crippen molar-refractivity contribution in [1.82, 2.24) is 9.88 Å². The Morgan fingerprint density at radius 1 is 1.10 bits per heavy atom. The number of rotatable bonds is 6. The molecule has 0 saturated carbocycles. The molecule has 8 heteroatoms. The number of amides is 2. The minimum absolute atomic E-state index is 0.160. The van der Waals surface area contributed by atoms with E-state index in [0.717, 1.165) is 4.90 Å². The number of fused-ring (bicyclic) bond motifs is 2. The zero-order valence-electron chi connectivity index (χ0n) is 16.1. The second-order valence-corrected chi connectivity index (χ2v) is 7.11. The Labute approximate surface area is 177 Å². The molecule has 0 spiro atoms. The van der Waals surface area contributed by atoms with E-state index >= 15 is 0 Å². The summed E-state index contributed by atoms with van der Waals surface area (Å²) >= 11 is 6.17. The Bertz CT molecular complexity index is 1180. The number of hydrogen-bond acceptors (Lipinski definition) is 6. The van der Waals surface area contributed by atoms with Crippen molar-refractivity contribution in [2.75, 3.05) is 20.3 Å². The average molecular weight is 425 g/mol. The summed E-state index contributed by atoms with van der Waals surface area (Å²) in [5, 5.41) is 1.15. The number of esters is 1. The standard InChI is InChI=1S/C22H17ClN2O5/c1-29-11-3-10-25-20(26)14-6-5-13(12-16(14)21(25)27)22(28)30-18-8-7-17(23)15-4-2-9-24-19(15)18/h2,4-9,12H,3,10-11H2,1H3. The average Bonchev–Trinajstić information content (AvgIpc) is 3.00. The summed E-state index contributed by atoms with van der Waals surface area (Å²) in [6, 6.07) is 11.0. The number of pyridine rings is 1. The lowest BCUT2D eigenvalue weighted by molar-refractivity contribution is 0.0638. The molecule has 0 fully saturated rings. The Morgan fingerprint density at radius 2 is 1.90 bits per heavy atom. The van der Waals surface area contributed by atoms with Crippen molar-refractivity contribution in [2.24, 2.45) is 0 Å². The molecule has 0 saturated heterocycles. The summed E-state index contributed by atoms with van der Waals surface area (Å²) < 4.78 is 10.5. The first-order valence-electron chi connectivity index (χ1n) is 9.26. The number of halogens is 1. The number of ether oxygens (including phenoxy) is 2. The fraction of sp³-hybridized carbons (Fsp3) is 0.182. The lowest BCUT2D eigenvalue weighted by Gasteiger charge is -2.12. The second-order valence-electron chi connectivity index (χ2n) is 6.70. The second kappa shape index (κ2) is 8.22. The van der Waals surface area contributed by atoms with Gasteiger partial charge in [-0.1, -0.05) is 11.6 Å². The number of methoxy groups -OCH3 is 1. The predicted octanol–water partition coefficient (Wildman–Crippen LogP) is 3.74. The van der Waals surface area contributed by atoms with Gasteiger partial charge in [0.2, 0.25) is 0 Å². The summed E-state index contributed by atoms with van der Waals surface area (Å²) in [6.07, 6.45) is 2.11. The van der Waals surface area contributed by atoms with Gasteiger partial charge in [0, 0.05) is 31.8 Å². The first-order valence-corrected chi connectivity index (χ1v) is 9.63. The van der Waals surface area contributed by atoms with Crippen LogP contribution in [0.3, 0.4) is 0 Å². The molecule has 1 aromatic heterocycles. The van der Waals surface area contributed by atoms with Gasteiger partial charge >= 0.3 is 5.97 Å². The van der Waals surface area contributed by atoms with E-state index in [2.05, 4.69) is 4.98 Å². The van der Waals surface area contributed by atoms with E-state index in [-0.39, 0.29) is 34.9 Å². The van der Waals surface area contributed by atoms with Gasteiger partial charge in [0.25, 0.3) is 11.8 Å². The van der Waals surface area contributed by atoms with E-state index < -0.39 is 11.9 Å². The fourth-order valence-electron chi connectivity index (χ4n) is 3.34. The Morgan fingerprint density at radius 3 is 2.70 bits per heavy atom. The third-order valence-electron chi connectivity index (χ3n) is 4.82. The van der Waals surface area contributed by atoms with E-state index in [9.17, 15) is 14.4 Å². The van der Waals surface area contributed by atoms with Crippen molar-refractivity contribution in [3.63, 3.8) is 0 Å². The van der Waals surface area contributed by atoms with Crippen molar-refractivity contribution in [1.29, 1.82) is 0 Å². The molecule has 1 aliphatic heterocycles. The molecule has 30 heavy (non-hydrogen) atoms. The molecule has 2 amide bonds. The van der Waals surface area contributed by atoms with Crippen LogP contribution >= 0.6 is 11.6 Å². The Hall–Kier alpha value is -3.29. The maximum Gasteiger partial charge on any atom is 0.343 e. The van der Waals surface area contributed by atoms with Crippen LogP contribution < -0.4 is 4.74 Å². The molecule has 4 rings (SSSR count). The van der Waals surface area contributed by atoms with Crippen molar-refractivity contribution in [3.8, 4) is 5.75 Å². The summed E-state index contributed by atoms with van der Waals surface area (Å²) in [7, 11) is 1.56. The normalized spacial score (nSPS) is 13.1. The third kappa shape index (κ3) is 3.53. The Kier molecular flexibility index (Phi) is 5.48. The molecule has 0 bridgehead atoms. The van der Waals surface area contributed by atoms with E-state index in [1.165, 1.54) is 18.2 Å². The number of nitrogens with zero attached hydrogens (tertiary/aromatic N) is 2. The summed E-state index contributed by atoms with van der Waals surface area (Å²) in [5.41, 5.74) is 1.07. The minimum atomic E-state index is -0.662. The number of imide groups is 1. The van der Waals surface area contributed by atoms with Crippen LogP contribution in [0.2, 0.25) is 5.02 Å². The van der Waals surface area contributed by atoms with Gasteiger partial charge in [-0.3, -0.25) is 19.5 Å². The number of carbonyl (C=O) groups is 3. The van der Waals surface area contributed by atoms with Crippen LogP contribution in [-0.2, 0) is 4.74 Å². The van der Waals surface area contributed by atoms with Gasteiger partial charge in [0.05, 0.1) is 21.7 Å². The maximum atomic E-state index is 12.7. The van der Waals surface area contributed by atoms with Gasteiger partial charge in [-0.25, -0.2) is 4.79 Å². The van der Waals surface area contributed by atoms with Crippen LogP contribution in [-0.4, -0.2) is 47.9 Å². The maximum absolute atomic E-state index is 12.7. The van der Waals surface area contributed by atoms with Crippen molar-refractivity contribution < 1.29 is 23.9 Å². The molecule has 2 aromatic carbocycles. The molecule has 0 unspecified atom stereocenters. The fourth-order valence-corrected chi connectivity index (χ4v) is 3.56. The molecule has 7 nitrogen and oxygen atoms in total. The molecule has 152 valence electrons. The van der Waals surface area contributed by atoms with Crippen LogP contribution in [0.25, 0.3) is 10.9 Å². The highest BCUT2D eigenvalue weighted by atomic mass is 35.5. The quantitative estimate of drug-likeness (QED) is 0.259. The number of benzene rings is 2. The van der Waals surface area contributed by atoms with Gasteiger partial charge < -0.3 is 9.47 Å².